The van der Waals surface area contributed by atoms with E-state index >= 15 is 0 Å². The van der Waals surface area contributed by atoms with Crippen molar-refractivity contribution >= 4 is 23.9 Å². The summed E-state index contributed by atoms with van der Waals surface area (Å²) in [5.41, 5.74) is 0.966. The van der Waals surface area contributed by atoms with Gasteiger partial charge in [-0.1, -0.05) is 66.7 Å². The molecule has 0 unspecified atom stereocenters. The first-order chi connectivity index (χ1) is 13.1. The summed E-state index contributed by atoms with van der Waals surface area (Å²) in [5.74, 6) is -0.439. The Hall–Kier alpha value is -2.68. The van der Waals surface area contributed by atoms with E-state index in [1.165, 1.54) is 7.11 Å². The third-order valence-electron chi connectivity index (χ3n) is 4.35. The van der Waals surface area contributed by atoms with Gasteiger partial charge in [-0.25, -0.2) is 5.09 Å². The summed E-state index contributed by atoms with van der Waals surface area (Å²) in [6.45, 7) is 0. The first-order valence-electron chi connectivity index (χ1n) is 8.74. The number of methoxy groups -OCH3 is 1. The quantitative estimate of drug-likeness (QED) is 0.506. The maximum absolute atomic E-state index is 14.1. The van der Waals surface area contributed by atoms with Crippen LogP contribution in [0.4, 0.5) is 0 Å². The molecule has 3 aromatic carbocycles. The molecule has 3 rings (SSSR count). The zero-order valence-corrected chi connectivity index (χ0v) is 16.0. The standard InChI is InChI=1S/C22H22NO3P/c1-26-22(24)21(17-18-11-5-2-6-12-18)23-27(25,19-13-7-3-8-14-19)20-15-9-4-10-16-20/h2-16,21H,17H2,1H3,(H,23,25)/t21-/m0/s1. The molecule has 1 N–H and O–H groups in total. The fourth-order valence-corrected chi connectivity index (χ4v) is 5.38. The minimum absolute atomic E-state index is 0.386. The predicted octanol–water partition coefficient (Wildman–Crippen LogP) is 3.29. The van der Waals surface area contributed by atoms with E-state index < -0.39 is 19.3 Å². The van der Waals surface area contributed by atoms with Crippen LogP contribution in [0.3, 0.4) is 0 Å². The van der Waals surface area contributed by atoms with Crippen molar-refractivity contribution < 1.29 is 14.1 Å². The van der Waals surface area contributed by atoms with Gasteiger partial charge in [0.05, 0.1) is 7.11 Å². The lowest BCUT2D eigenvalue weighted by molar-refractivity contribution is -0.142. The maximum Gasteiger partial charge on any atom is 0.323 e. The van der Waals surface area contributed by atoms with Gasteiger partial charge in [-0.15, -0.1) is 0 Å². The lowest BCUT2D eigenvalue weighted by atomic mass is 10.1. The van der Waals surface area contributed by atoms with E-state index in [-0.39, 0.29) is 0 Å². The average Bonchev–Trinajstić information content (AvgIpc) is 2.74. The molecule has 0 aliphatic rings. The van der Waals surface area contributed by atoms with Crippen LogP contribution in [0.2, 0.25) is 0 Å². The molecule has 0 bridgehead atoms. The van der Waals surface area contributed by atoms with Crippen LogP contribution in [0.25, 0.3) is 0 Å². The summed E-state index contributed by atoms with van der Waals surface area (Å²) in [7, 11) is -1.89. The highest BCUT2D eigenvalue weighted by molar-refractivity contribution is 7.77. The Balaban J connectivity index is 2.00. The summed E-state index contributed by atoms with van der Waals surface area (Å²) in [6.07, 6.45) is 0.386. The molecule has 0 heterocycles. The summed E-state index contributed by atoms with van der Waals surface area (Å²) in [5, 5.41) is 4.45. The zero-order chi connectivity index (χ0) is 19.1. The molecule has 1 atom stereocenters. The number of esters is 1. The second-order valence-electron chi connectivity index (χ2n) is 6.17. The zero-order valence-electron chi connectivity index (χ0n) is 15.1. The van der Waals surface area contributed by atoms with Gasteiger partial charge in [0.2, 0.25) is 7.29 Å². The van der Waals surface area contributed by atoms with Gasteiger partial charge in [0.1, 0.15) is 6.04 Å². The third-order valence-corrected chi connectivity index (χ3v) is 7.07. The molecule has 138 valence electrons. The van der Waals surface area contributed by atoms with Gasteiger partial charge >= 0.3 is 5.97 Å². The Labute approximate surface area is 159 Å². The van der Waals surface area contributed by atoms with Crippen LogP contribution in [-0.4, -0.2) is 19.1 Å². The van der Waals surface area contributed by atoms with E-state index in [4.69, 9.17) is 4.74 Å². The number of nitrogens with one attached hydrogen (secondary N) is 1. The van der Waals surface area contributed by atoms with Crippen molar-refractivity contribution in [2.45, 2.75) is 12.5 Å². The lowest BCUT2D eigenvalue weighted by Gasteiger charge is -2.25. The van der Waals surface area contributed by atoms with E-state index in [0.29, 0.717) is 17.0 Å². The molecule has 0 radical (unpaired) electrons. The summed E-state index contributed by atoms with van der Waals surface area (Å²) in [4.78, 5) is 12.5. The fraction of sp³-hybridized carbons (Fsp3) is 0.136. The van der Waals surface area contributed by atoms with Gasteiger partial charge in [0, 0.05) is 10.6 Å². The topological polar surface area (TPSA) is 55.4 Å². The number of carbonyl (C=O) groups excluding carboxylic acids is 1. The van der Waals surface area contributed by atoms with Crippen molar-refractivity contribution in [1.29, 1.82) is 0 Å². The van der Waals surface area contributed by atoms with E-state index in [1.54, 1.807) is 0 Å². The molecular formula is C22H22NO3P. The number of benzene rings is 3. The van der Waals surface area contributed by atoms with Gasteiger partial charge in [0.25, 0.3) is 0 Å². The molecule has 5 heteroatoms. The summed E-state index contributed by atoms with van der Waals surface area (Å²) >= 11 is 0. The number of rotatable bonds is 7. The molecule has 4 nitrogen and oxygen atoms in total. The molecule has 0 saturated heterocycles. The van der Waals surface area contributed by atoms with Crippen LogP contribution in [0.15, 0.2) is 91.0 Å². The molecule has 27 heavy (non-hydrogen) atoms. The molecule has 0 fully saturated rings. The minimum atomic E-state index is -3.24. The number of carbonyl (C=O) groups is 1. The second-order valence-corrected chi connectivity index (χ2v) is 8.68. The smallest absolute Gasteiger partial charge is 0.323 e. The molecule has 0 saturated carbocycles. The van der Waals surface area contributed by atoms with Crippen molar-refractivity contribution in [3.8, 4) is 0 Å². The maximum atomic E-state index is 14.1. The second kappa shape index (κ2) is 8.81. The van der Waals surface area contributed by atoms with Gasteiger partial charge in [0.15, 0.2) is 0 Å². The first-order valence-corrected chi connectivity index (χ1v) is 10.4. The minimum Gasteiger partial charge on any atom is -0.468 e. The van der Waals surface area contributed by atoms with Crippen molar-refractivity contribution in [2.75, 3.05) is 7.11 Å². The fourth-order valence-electron chi connectivity index (χ4n) is 2.97. The lowest BCUT2D eigenvalue weighted by Crippen LogP contribution is -2.42. The Bertz CT molecular complexity index is 871. The largest absolute Gasteiger partial charge is 0.468 e. The average molecular weight is 379 g/mol. The Morgan fingerprint density at radius 3 is 1.74 bits per heavy atom. The first kappa shape index (κ1) is 19.1. The van der Waals surface area contributed by atoms with E-state index in [1.807, 2.05) is 91.0 Å². The van der Waals surface area contributed by atoms with Crippen LogP contribution in [-0.2, 0) is 20.5 Å². The highest BCUT2D eigenvalue weighted by Crippen LogP contribution is 2.39. The van der Waals surface area contributed by atoms with Crippen LogP contribution in [0.1, 0.15) is 5.56 Å². The highest BCUT2D eigenvalue weighted by Gasteiger charge is 2.33. The molecule has 0 aliphatic heterocycles. The normalized spacial score (nSPS) is 12.3. The van der Waals surface area contributed by atoms with Gasteiger partial charge in [-0.05, 0) is 36.2 Å². The van der Waals surface area contributed by atoms with Crippen LogP contribution >= 0.6 is 7.29 Å². The Morgan fingerprint density at radius 2 is 1.30 bits per heavy atom. The van der Waals surface area contributed by atoms with Crippen molar-refractivity contribution in [3.05, 3.63) is 96.6 Å². The molecule has 0 spiro atoms. The van der Waals surface area contributed by atoms with Gasteiger partial charge in [-0.3, -0.25) is 9.36 Å². The van der Waals surface area contributed by atoms with Crippen molar-refractivity contribution in [3.63, 3.8) is 0 Å². The van der Waals surface area contributed by atoms with Crippen LogP contribution < -0.4 is 15.7 Å². The van der Waals surface area contributed by atoms with Crippen molar-refractivity contribution in [2.24, 2.45) is 0 Å². The highest BCUT2D eigenvalue weighted by atomic mass is 31.2. The Morgan fingerprint density at radius 1 is 0.852 bits per heavy atom. The van der Waals surface area contributed by atoms with Gasteiger partial charge in [-0.2, -0.15) is 0 Å². The van der Waals surface area contributed by atoms with E-state index in [9.17, 15) is 9.36 Å². The SMILES string of the molecule is COC(=O)[C@H](Cc1ccccc1)NP(=O)(c1ccccc1)c1ccccc1. The summed E-state index contributed by atoms with van der Waals surface area (Å²) in [6, 6.07) is 27.3. The Kier molecular flexibility index (Phi) is 6.23. The number of hydrogen-bond acceptors (Lipinski definition) is 3. The van der Waals surface area contributed by atoms with Crippen LogP contribution in [0, 0.1) is 0 Å². The third kappa shape index (κ3) is 4.54. The van der Waals surface area contributed by atoms with E-state index in [0.717, 1.165) is 5.56 Å². The molecule has 3 aromatic rings. The molecule has 0 aliphatic carbocycles. The van der Waals surface area contributed by atoms with Gasteiger partial charge < -0.3 is 4.74 Å². The number of ether oxygens (including phenoxy) is 1. The number of hydrogen-bond donors (Lipinski definition) is 1. The molecule has 0 amide bonds. The van der Waals surface area contributed by atoms with Crippen molar-refractivity contribution in [1.82, 2.24) is 5.09 Å². The predicted molar refractivity (Wildman–Crippen MR) is 109 cm³/mol. The van der Waals surface area contributed by atoms with E-state index in [2.05, 4.69) is 5.09 Å². The van der Waals surface area contributed by atoms with Crippen LogP contribution in [0.5, 0.6) is 0 Å². The monoisotopic (exact) mass is 379 g/mol. The molecule has 0 aromatic heterocycles. The summed E-state index contributed by atoms with van der Waals surface area (Å²) < 4.78 is 19.1. The molecular weight excluding hydrogens is 357 g/mol.